The van der Waals surface area contributed by atoms with Crippen LogP contribution in [0.5, 0.6) is 0 Å². The molecule has 5 nitrogen and oxygen atoms in total. The van der Waals surface area contributed by atoms with Crippen molar-refractivity contribution >= 4 is 15.7 Å². The van der Waals surface area contributed by atoms with Gasteiger partial charge in [-0.1, -0.05) is 6.92 Å². The second-order valence-electron chi connectivity index (χ2n) is 4.48. The summed E-state index contributed by atoms with van der Waals surface area (Å²) in [6, 6.07) is 0. The van der Waals surface area contributed by atoms with Crippen LogP contribution in [0, 0.1) is 6.92 Å². The zero-order valence-corrected chi connectivity index (χ0v) is 10.9. The number of hydrogen-bond donors (Lipinski definition) is 1. The molecule has 1 atom stereocenters. The Morgan fingerprint density at radius 1 is 1.41 bits per heavy atom. The van der Waals surface area contributed by atoms with Crippen LogP contribution in [0.25, 0.3) is 0 Å². The normalized spacial score (nSPS) is 22.8. The molecule has 1 fully saturated rings. The number of hydrogen-bond acceptors (Lipinski definition) is 5. The van der Waals surface area contributed by atoms with Crippen molar-refractivity contribution in [1.82, 2.24) is 9.97 Å². The molecule has 1 saturated heterocycles. The molecular formula is C11H17N3O2S. The van der Waals surface area contributed by atoms with Gasteiger partial charge in [0.05, 0.1) is 11.5 Å². The van der Waals surface area contributed by atoms with E-state index in [0.717, 1.165) is 17.7 Å². The molecule has 94 valence electrons. The summed E-state index contributed by atoms with van der Waals surface area (Å²) in [5.41, 5.74) is 7.68. The van der Waals surface area contributed by atoms with Gasteiger partial charge in [-0.15, -0.1) is 0 Å². The largest absolute Gasteiger partial charge is 0.383 e. The maximum Gasteiger partial charge on any atom is 0.151 e. The minimum Gasteiger partial charge on any atom is -0.383 e. The van der Waals surface area contributed by atoms with E-state index in [1.165, 1.54) is 0 Å². The Kier molecular flexibility index (Phi) is 3.07. The monoisotopic (exact) mass is 255 g/mol. The van der Waals surface area contributed by atoms with Crippen molar-refractivity contribution in [2.45, 2.75) is 32.6 Å². The van der Waals surface area contributed by atoms with Crippen LogP contribution < -0.4 is 5.73 Å². The molecule has 2 heterocycles. The van der Waals surface area contributed by atoms with E-state index in [1.807, 2.05) is 13.8 Å². The van der Waals surface area contributed by atoms with Gasteiger partial charge in [-0.25, -0.2) is 18.4 Å². The Morgan fingerprint density at radius 2 is 2.12 bits per heavy atom. The van der Waals surface area contributed by atoms with Crippen molar-refractivity contribution in [2.75, 3.05) is 17.2 Å². The molecule has 1 aliphatic heterocycles. The molecule has 1 aliphatic rings. The highest BCUT2D eigenvalue weighted by atomic mass is 32.2. The van der Waals surface area contributed by atoms with Crippen LogP contribution in [-0.2, 0) is 16.3 Å². The summed E-state index contributed by atoms with van der Waals surface area (Å²) in [6.45, 7) is 3.89. The van der Waals surface area contributed by atoms with Gasteiger partial charge in [-0.3, -0.25) is 0 Å². The Bertz CT molecular complexity index is 517. The van der Waals surface area contributed by atoms with E-state index in [2.05, 4.69) is 9.97 Å². The van der Waals surface area contributed by atoms with E-state index in [0.29, 0.717) is 18.1 Å². The van der Waals surface area contributed by atoms with Crippen molar-refractivity contribution in [3.8, 4) is 0 Å². The fourth-order valence-electron chi connectivity index (χ4n) is 2.26. The smallest absolute Gasteiger partial charge is 0.151 e. The summed E-state index contributed by atoms with van der Waals surface area (Å²) >= 11 is 0. The molecule has 6 heteroatoms. The fourth-order valence-corrected chi connectivity index (χ4v) is 4.00. The van der Waals surface area contributed by atoms with Gasteiger partial charge in [0.1, 0.15) is 11.6 Å². The van der Waals surface area contributed by atoms with E-state index < -0.39 is 9.84 Å². The third-order valence-electron chi connectivity index (χ3n) is 3.21. The summed E-state index contributed by atoms with van der Waals surface area (Å²) in [5.74, 6) is 1.36. The number of nitrogens with zero attached hydrogens (tertiary/aromatic N) is 2. The predicted octanol–water partition coefficient (Wildman–Crippen LogP) is 0.832. The first kappa shape index (κ1) is 12.3. The summed E-state index contributed by atoms with van der Waals surface area (Å²) in [4.78, 5) is 8.65. The topological polar surface area (TPSA) is 85.9 Å². The molecule has 0 spiro atoms. The van der Waals surface area contributed by atoms with Gasteiger partial charge in [-0.2, -0.15) is 0 Å². The molecule has 2 rings (SSSR count). The molecule has 0 saturated carbocycles. The molecule has 1 aromatic rings. The lowest BCUT2D eigenvalue weighted by atomic mass is 10.1. The van der Waals surface area contributed by atoms with E-state index in [9.17, 15) is 8.42 Å². The molecule has 0 radical (unpaired) electrons. The lowest BCUT2D eigenvalue weighted by Crippen LogP contribution is -2.12. The van der Waals surface area contributed by atoms with Gasteiger partial charge in [0.15, 0.2) is 9.84 Å². The third-order valence-corrected chi connectivity index (χ3v) is 4.98. The lowest BCUT2D eigenvalue weighted by Gasteiger charge is -2.11. The molecule has 0 aromatic carbocycles. The van der Waals surface area contributed by atoms with Crippen LogP contribution in [-0.4, -0.2) is 29.9 Å². The zero-order chi connectivity index (χ0) is 12.6. The molecule has 2 N–H and O–H groups in total. The number of nitrogen functional groups attached to an aromatic ring is 1. The van der Waals surface area contributed by atoms with E-state index >= 15 is 0 Å². The maximum atomic E-state index is 11.4. The number of nitrogens with two attached hydrogens (primary N) is 1. The molecule has 1 aromatic heterocycles. The quantitative estimate of drug-likeness (QED) is 0.846. The van der Waals surface area contributed by atoms with Crippen molar-refractivity contribution < 1.29 is 8.42 Å². The van der Waals surface area contributed by atoms with Gasteiger partial charge in [-0.05, 0) is 19.8 Å². The molecular weight excluding hydrogens is 238 g/mol. The predicted molar refractivity (Wildman–Crippen MR) is 66.6 cm³/mol. The maximum absolute atomic E-state index is 11.4. The van der Waals surface area contributed by atoms with Gasteiger partial charge in [0.2, 0.25) is 0 Å². The second-order valence-corrected chi connectivity index (χ2v) is 6.71. The Hall–Kier alpha value is -1.17. The van der Waals surface area contributed by atoms with E-state index in [-0.39, 0.29) is 17.4 Å². The van der Waals surface area contributed by atoms with Crippen molar-refractivity contribution in [2.24, 2.45) is 0 Å². The average Bonchev–Trinajstić information content (AvgIpc) is 2.58. The number of aryl methyl sites for hydroxylation is 1. The molecule has 0 bridgehead atoms. The Morgan fingerprint density at radius 3 is 2.59 bits per heavy atom. The van der Waals surface area contributed by atoms with Crippen LogP contribution in [0.15, 0.2) is 0 Å². The standard InChI is InChI=1S/C11H17N3O2S/c1-3-9-7(2)13-11(14-10(9)12)8-4-5-17(15,16)6-8/h8H,3-6H2,1-2H3,(H2,12,13,14). The summed E-state index contributed by atoms with van der Waals surface area (Å²) in [5, 5.41) is 0. The number of sulfone groups is 1. The first-order valence-corrected chi connectivity index (χ1v) is 7.58. The summed E-state index contributed by atoms with van der Waals surface area (Å²) in [7, 11) is -2.91. The first-order chi connectivity index (χ1) is 7.93. The lowest BCUT2D eigenvalue weighted by molar-refractivity contribution is 0.601. The van der Waals surface area contributed by atoms with Gasteiger partial charge < -0.3 is 5.73 Å². The highest BCUT2D eigenvalue weighted by Crippen LogP contribution is 2.28. The fraction of sp³-hybridized carbons (Fsp3) is 0.636. The molecule has 17 heavy (non-hydrogen) atoms. The first-order valence-electron chi connectivity index (χ1n) is 5.76. The highest BCUT2D eigenvalue weighted by molar-refractivity contribution is 7.91. The van der Waals surface area contributed by atoms with Gasteiger partial charge in [0, 0.05) is 17.2 Å². The van der Waals surface area contributed by atoms with Crippen LogP contribution in [0.2, 0.25) is 0 Å². The zero-order valence-electron chi connectivity index (χ0n) is 10.1. The molecule has 0 aliphatic carbocycles. The minimum atomic E-state index is -2.91. The Balaban J connectivity index is 2.35. The molecule has 0 amide bonds. The number of aromatic nitrogens is 2. The number of rotatable bonds is 2. The summed E-state index contributed by atoms with van der Waals surface area (Å²) < 4.78 is 22.8. The van der Waals surface area contributed by atoms with Crippen LogP contribution in [0.1, 0.15) is 36.3 Å². The van der Waals surface area contributed by atoms with E-state index in [1.54, 1.807) is 0 Å². The Labute approximate surface area is 101 Å². The van der Waals surface area contributed by atoms with Gasteiger partial charge >= 0.3 is 0 Å². The highest BCUT2D eigenvalue weighted by Gasteiger charge is 2.31. The summed E-state index contributed by atoms with van der Waals surface area (Å²) in [6.07, 6.45) is 1.40. The minimum absolute atomic E-state index is 0.0908. The second kappa shape index (κ2) is 4.25. The van der Waals surface area contributed by atoms with Crippen LogP contribution in [0.3, 0.4) is 0 Å². The molecule has 1 unspecified atom stereocenters. The van der Waals surface area contributed by atoms with Crippen LogP contribution in [0.4, 0.5) is 5.82 Å². The van der Waals surface area contributed by atoms with Crippen molar-refractivity contribution in [3.05, 3.63) is 17.1 Å². The van der Waals surface area contributed by atoms with Gasteiger partial charge in [0.25, 0.3) is 0 Å². The number of anilines is 1. The average molecular weight is 255 g/mol. The van der Waals surface area contributed by atoms with Crippen molar-refractivity contribution in [3.63, 3.8) is 0 Å². The van der Waals surface area contributed by atoms with Crippen LogP contribution >= 0.6 is 0 Å². The SMILES string of the molecule is CCc1c(C)nc(C2CCS(=O)(=O)C2)nc1N. The van der Waals surface area contributed by atoms with E-state index in [4.69, 9.17) is 5.73 Å². The van der Waals surface area contributed by atoms with Crippen molar-refractivity contribution in [1.29, 1.82) is 0 Å². The third kappa shape index (κ3) is 2.41.